The predicted molar refractivity (Wildman–Crippen MR) is 84.7 cm³/mol. The molecule has 0 bridgehead atoms. The number of morpholine rings is 1. The summed E-state index contributed by atoms with van der Waals surface area (Å²) in [6, 6.07) is 0.296. The number of carbonyl (C=O) groups is 1. The first-order chi connectivity index (χ1) is 11.3. The van der Waals surface area contributed by atoms with Gasteiger partial charge >= 0.3 is 0 Å². The quantitative estimate of drug-likeness (QED) is 0.815. The van der Waals surface area contributed by atoms with Crippen LogP contribution < -0.4 is 0 Å². The molecule has 0 spiro atoms. The normalized spacial score (nSPS) is 28.1. The van der Waals surface area contributed by atoms with E-state index < -0.39 is 0 Å². The summed E-state index contributed by atoms with van der Waals surface area (Å²) < 4.78 is 5.87. The lowest BCUT2D eigenvalue weighted by Crippen LogP contribution is -2.57. The Hall–Kier alpha value is -1.53. The minimum absolute atomic E-state index is 0.253. The molecule has 2 fully saturated rings. The SMILES string of the molecule is O=C(CN1CCc2cncnc2C1)N1CCO[C@H]2CCCC[C@@H]21. The molecule has 3 aliphatic rings. The third kappa shape index (κ3) is 3.10. The number of aromatic nitrogens is 2. The number of hydrogen-bond acceptors (Lipinski definition) is 5. The molecule has 1 amide bonds. The van der Waals surface area contributed by atoms with E-state index in [0.29, 0.717) is 19.2 Å². The van der Waals surface area contributed by atoms with Crippen molar-refractivity contribution in [2.24, 2.45) is 0 Å². The van der Waals surface area contributed by atoms with Gasteiger partial charge in [-0.2, -0.15) is 0 Å². The van der Waals surface area contributed by atoms with Gasteiger partial charge in [-0.25, -0.2) is 9.97 Å². The Morgan fingerprint density at radius 1 is 1.30 bits per heavy atom. The van der Waals surface area contributed by atoms with Gasteiger partial charge in [0.1, 0.15) is 6.33 Å². The van der Waals surface area contributed by atoms with E-state index in [4.69, 9.17) is 4.74 Å². The summed E-state index contributed by atoms with van der Waals surface area (Å²) in [6.07, 6.45) is 9.31. The highest BCUT2D eigenvalue weighted by Gasteiger charge is 2.37. The lowest BCUT2D eigenvalue weighted by Gasteiger charge is -2.44. The Kier molecular flexibility index (Phi) is 4.27. The lowest BCUT2D eigenvalue weighted by molar-refractivity contribution is -0.150. The molecule has 0 unspecified atom stereocenters. The average Bonchev–Trinajstić information content (AvgIpc) is 2.61. The Balaban J connectivity index is 1.40. The minimum Gasteiger partial charge on any atom is -0.374 e. The van der Waals surface area contributed by atoms with Gasteiger partial charge in [0.2, 0.25) is 5.91 Å². The van der Waals surface area contributed by atoms with Gasteiger partial charge in [-0.3, -0.25) is 9.69 Å². The van der Waals surface area contributed by atoms with E-state index in [1.165, 1.54) is 18.4 Å². The molecule has 4 rings (SSSR count). The molecule has 1 saturated carbocycles. The van der Waals surface area contributed by atoms with E-state index >= 15 is 0 Å². The average molecular weight is 316 g/mol. The molecule has 3 heterocycles. The summed E-state index contributed by atoms with van der Waals surface area (Å²) >= 11 is 0. The summed E-state index contributed by atoms with van der Waals surface area (Å²) in [5, 5.41) is 0. The Labute approximate surface area is 136 Å². The Morgan fingerprint density at radius 2 is 2.22 bits per heavy atom. The van der Waals surface area contributed by atoms with Gasteiger partial charge in [0.15, 0.2) is 0 Å². The number of rotatable bonds is 2. The fourth-order valence-electron chi connectivity index (χ4n) is 4.13. The topological polar surface area (TPSA) is 58.6 Å². The standard InChI is InChI=1S/C17H24N4O2/c22-17(21-7-8-23-16-4-2-1-3-15(16)21)11-20-6-5-13-9-18-12-19-14(13)10-20/h9,12,15-16H,1-8,10-11H2/t15-,16-/m0/s1. The fraction of sp³-hybridized carbons (Fsp3) is 0.706. The van der Waals surface area contributed by atoms with E-state index in [-0.39, 0.29) is 12.0 Å². The number of nitrogens with zero attached hydrogens (tertiary/aromatic N) is 4. The summed E-state index contributed by atoms with van der Waals surface area (Å²) in [4.78, 5) is 25.6. The summed E-state index contributed by atoms with van der Waals surface area (Å²) in [5.74, 6) is 0.253. The molecule has 6 nitrogen and oxygen atoms in total. The molecule has 2 aliphatic heterocycles. The molecular formula is C17H24N4O2. The first kappa shape index (κ1) is 15.0. The molecular weight excluding hydrogens is 292 g/mol. The summed E-state index contributed by atoms with van der Waals surface area (Å²) in [6.45, 7) is 3.58. The van der Waals surface area contributed by atoms with E-state index in [9.17, 15) is 4.79 Å². The zero-order chi connectivity index (χ0) is 15.6. The van der Waals surface area contributed by atoms with E-state index in [2.05, 4.69) is 19.8 Å². The van der Waals surface area contributed by atoms with Crippen LogP contribution in [0.4, 0.5) is 0 Å². The van der Waals surface area contributed by atoms with Crippen molar-refractivity contribution in [3.63, 3.8) is 0 Å². The van der Waals surface area contributed by atoms with Crippen LogP contribution >= 0.6 is 0 Å². The second-order valence-electron chi connectivity index (χ2n) is 6.80. The molecule has 1 saturated heterocycles. The van der Waals surface area contributed by atoms with Gasteiger partial charge in [-0.05, 0) is 24.8 Å². The van der Waals surface area contributed by atoms with Gasteiger partial charge < -0.3 is 9.64 Å². The smallest absolute Gasteiger partial charge is 0.237 e. The maximum Gasteiger partial charge on any atom is 0.237 e. The Bertz CT molecular complexity index is 577. The van der Waals surface area contributed by atoms with E-state index in [0.717, 1.165) is 44.6 Å². The number of ether oxygens (including phenoxy) is 1. The van der Waals surface area contributed by atoms with Crippen molar-refractivity contribution >= 4 is 5.91 Å². The van der Waals surface area contributed by atoms with Crippen LogP contribution in [0.5, 0.6) is 0 Å². The molecule has 1 aromatic rings. The molecule has 1 aromatic heterocycles. The van der Waals surface area contributed by atoms with Gasteiger partial charge in [-0.15, -0.1) is 0 Å². The highest BCUT2D eigenvalue weighted by molar-refractivity contribution is 5.78. The van der Waals surface area contributed by atoms with Crippen LogP contribution in [0.1, 0.15) is 36.9 Å². The van der Waals surface area contributed by atoms with Crippen LogP contribution in [0, 0.1) is 0 Å². The molecule has 2 atom stereocenters. The number of amides is 1. The molecule has 124 valence electrons. The minimum atomic E-state index is 0.253. The van der Waals surface area contributed by atoms with Gasteiger partial charge in [0, 0.05) is 25.8 Å². The van der Waals surface area contributed by atoms with Crippen LogP contribution in [0.25, 0.3) is 0 Å². The third-order valence-electron chi connectivity index (χ3n) is 5.36. The second-order valence-corrected chi connectivity index (χ2v) is 6.80. The summed E-state index contributed by atoms with van der Waals surface area (Å²) in [5.41, 5.74) is 2.28. The third-order valence-corrected chi connectivity index (χ3v) is 5.36. The van der Waals surface area contributed by atoms with Gasteiger partial charge in [0.05, 0.1) is 31.0 Å². The first-order valence-corrected chi connectivity index (χ1v) is 8.72. The molecule has 0 N–H and O–H groups in total. The van der Waals surface area contributed by atoms with Crippen LogP contribution in [0.3, 0.4) is 0 Å². The largest absolute Gasteiger partial charge is 0.374 e. The van der Waals surface area contributed by atoms with E-state index in [1.54, 1.807) is 6.33 Å². The first-order valence-electron chi connectivity index (χ1n) is 8.72. The molecule has 0 radical (unpaired) electrons. The van der Waals surface area contributed by atoms with Gasteiger partial charge in [0.25, 0.3) is 0 Å². The monoisotopic (exact) mass is 316 g/mol. The van der Waals surface area contributed by atoms with Crippen molar-refractivity contribution in [3.8, 4) is 0 Å². The second kappa shape index (κ2) is 6.53. The fourth-order valence-corrected chi connectivity index (χ4v) is 4.13. The van der Waals surface area contributed by atoms with Crippen molar-refractivity contribution < 1.29 is 9.53 Å². The van der Waals surface area contributed by atoms with Crippen molar-refractivity contribution in [3.05, 3.63) is 23.8 Å². The van der Waals surface area contributed by atoms with Crippen molar-refractivity contribution in [2.75, 3.05) is 26.2 Å². The molecule has 1 aliphatic carbocycles. The zero-order valence-corrected chi connectivity index (χ0v) is 13.5. The number of fused-ring (bicyclic) bond motifs is 2. The molecule has 0 aromatic carbocycles. The number of hydrogen-bond donors (Lipinski definition) is 0. The van der Waals surface area contributed by atoms with Crippen LogP contribution in [0.15, 0.2) is 12.5 Å². The highest BCUT2D eigenvalue weighted by Crippen LogP contribution is 2.28. The van der Waals surface area contributed by atoms with E-state index in [1.807, 2.05) is 6.20 Å². The zero-order valence-electron chi connectivity index (χ0n) is 13.5. The maximum atomic E-state index is 12.8. The molecule has 23 heavy (non-hydrogen) atoms. The number of carbonyl (C=O) groups excluding carboxylic acids is 1. The van der Waals surface area contributed by atoms with Crippen molar-refractivity contribution in [1.29, 1.82) is 0 Å². The van der Waals surface area contributed by atoms with Crippen LogP contribution in [-0.2, 0) is 22.5 Å². The summed E-state index contributed by atoms with van der Waals surface area (Å²) in [7, 11) is 0. The van der Waals surface area contributed by atoms with Crippen molar-refractivity contribution in [1.82, 2.24) is 19.8 Å². The Morgan fingerprint density at radius 3 is 3.17 bits per heavy atom. The predicted octanol–water partition coefficient (Wildman–Crippen LogP) is 1.00. The lowest BCUT2D eigenvalue weighted by atomic mass is 9.90. The molecule has 6 heteroatoms. The van der Waals surface area contributed by atoms with Crippen molar-refractivity contribution in [2.45, 2.75) is 50.8 Å². The van der Waals surface area contributed by atoms with Crippen LogP contribution in [-0.4, -0.2) is 64.1 Å². The van der Waals surface area contributed by atoms with Gasteiger partial charge in [-0.1, -0.05) is 12.8 Å². The highest BCUT2D eigenvalue weighted by atomic mass is 16.5. The van der Waals surface area contributed by atoms with Crippen LogP contribution in [0.2, 0.25) is 0 Å². The maximum absolute atomic E-state index is 12.8.